The van der Waals surface area contributed by atoms with Gasteiger partial charge in [0.2, 0.25) is 0 Å². The molecule has 0 unspecified atom stereocenters. The summed E-state index contributed by atoms with van der Waals surface area (Å²) in [5, 5.41) is 1.74. The summed E-state index contributed by atoms with van der Waals surface area (Å²) in [4.78, 5) is 14.0. The van der Waals surface area contributed by atoms with E-state index in [0.717, 1.165) is 0 Å². The lowest BCUT2D eigenvalue weighted by atomic mass is 10.2. The summed E-state index contributed by atoms with van der Waals surface area (Å²) in [6.45, 7) is 3.12. The van der Waals surface area contributed by atoms with Crippen LogP contribution in [0.15, 0.2) is 38.5 Å². The Hall–Kier alpha value is -1.64. The van der Waals surface area contributed by atoms with Crippen molar-refractivity contribution in [1.29, 1.82) is 0 Å². The SMILES string of the molecule is Cc1occc1C(=O)N1CCN(S(=O)(=O)c2cccs2)CC1. The first-order valence-electron chi connectivity index (χ1n) is 6.87. The number of carbonyl (C=O) groups excluding carboxylic acids is 1. The summed E-state index contributed by atoms with van der Waals surface area (Å²) in [6, 6.07) is 4.97. The van der Waals surface area contributed by atoms with E-state index in [1.165, 1.54) is 21.9 Å². The van der Waals surface area contributed by atoms with Crippen LogP contribution in [0.5, 0.6) is 0 Å². The van der Waals surface area contributed by atoms with E-state index in [4.69, 9.17) is 4.42 Å². The molecule has 0 spiro atoms. The minimum atomic E-state index is -3.43. The minimum Gasteiger partial charge on any atom is -0.469 e. The molecule has 0 N–H and O–H groups in total. The lowest BCUT2D eigenvalue weighted by molar-refractivity contribution is 0.0696. The Morgan fingerprint density at radius 2 is 1.95 bits per heavy atom. The average molecular weight is 340 g/mol. The molecule has 118 valence electrons. The molecule has 1 fully saturated rings. The Kier molecular flexibility index (Phi) is 4.07. The van der Waals surface area contributed by atoms with E-state index in [1.807, 2.05) is 0 Å². The topological polar surface area (TPSA) is 70.8 Å². The number of aryl methyl sites for hydroxylation is 1. The van der Waals surface area contributed by atoms with Crippen LogP contribution in [0.4, 0.5) is 0 Å². The zero-order chi connectivity index (χ0) is 15.7. The summed E-state index contributed by atoms with van der Waals surface area (Å²) < 4.78 is 31.8. The number of nitrogens with zero attached hydrogens (tertiary/aromatic N) is 2. The van der Waals surface area contributed by atoms with E-state index in [2.05, 4.69) is 0 Å². The Balaban J connectivity index is 1.68. The fourth-order valence-electron chi connectivity index (χ4n) is 2.45. The Morgan fingerprint density at radius 3 is 2.50 bits per heavy atom. The second-order valence-corrected chi connectivity index (χ2v) is 8.13. The lowest BCUT2D eigenvalue weighted by Crippen LogP contribution is -2.50. The highest BCUT2D eigenvalue weighted by molar-refractivity contribution is 7.91. The summed E-state index contributed by atoms with van der Waals surface area (Å²) in [5.74, 6) is 0.470. The normalized spacial score (nSPS) is 16.9. The molecule has 8 heteroatoms. The molecule has 22 heavy (non-hydrogen) atoms. The maximum Gasteiger partial charge on any atom is 0.257 e. The molecule has 3 heterocycles. The minimum absolute atomic E-state index is 0.112. The van der Waals surface area contributed by atoms with E-state index < -0.39 is 10.0 Å². The van der Waals surface area contributed by atoms with Gasteiger partial charge in [0.1, 0.15) is 9.97 Å². The van der Waals surface area contributed by atoms with Gasteiger partial charge in [-0.1, -0.05) is 6.07 Å². The van der Waals surface area contributed by atoms with Gasteiger partial charge in [-0.05, 0) is 24.4 Å². The zero-order valence-corrected chi connectivity index (χ0v) is 13.7. The molecule has 1 amide bonds. The third-order valence-electron chi connectivity index (χ3n) is 3.70. The van der Waals surface area contributed by atoms with E-state index in [-0.39, 0.29) is 5.91 Å². The molecular weight excluding hydrogens is 324 g/mol. The highest BCUT2D eigenvalue weighted by Gasteiger charge is 2.31. The van der Waals surface area contributed by atoms with E-state index >= 15 is 0 Å². The number of sulfonamides is 1. The molecule has 0 aromatic carbocycles. The van der Waals surface area contributed by atoms with Crippen molar-refractivity contribution in [1.82, 2.24) is 9.21 Å². The summed E-state index contributed by atoms with van der Waals surface area (Å²) >= 11 is 1.21. The van der Waals surface area contributed by atoms with Gasteiger partial charge < -0.3 is 9.32 Å². The van der Waals surface area contributed by atoms with E-state index in [9.17, 15) is 13.2 Å². The van der Waals surface area contributed by atoms with Crippen LogP contribution < -0.4 is 0 Å². The fraction of sp³-hybridized carbons (Fsp3) is 0.357. The van der Waals surface area contributed by atoms with Gasteiger partial charge in [-0.15, -0.1) is 11.3 Å². The molecule has 0 atom stereocenters. The molecule has 3 rings (SSSR count). The second-order valence-electron chi connectivity index (χ2n) is 5.02. The van der Waals surface area contributed by atoms with Crippen molar-refractivity contribution in [3.8, 4) is 0 Å². The third-order valence-corrected chi connectivity index (χ3v) is 6.98. The van der Waals surface area contributed by atoms with Crippen molar-refractivity contribution in [2.75, 3.05) is 26.2 Å². The first kappa shape index (κ1) is 15.3. The highest BCUT2D eigenvalue weighted by atomic mass is 32.2. The van der Waals surface area contributed by atoms with Crippen LogP contribution >= 0.6 is 11.3 Å². The monoisotopic (exact) mass is 340 g/mol. The number of carbonyl (C=O) groups is 1. The maximum atomic E-state index is 12.4. The quantitative estimate of drug-likeness (QED) is 0.854. The van der Waals surface area contributed by atoms with Crippen LogP contribution in [0, 0.1) is 6.92 Å². The number of furan rings is 1. The van der Waals surface area contributed by atoms with Gasteiger partial charge in [-0.3, -0.25) is 4.79 Å². The van der Waals surface area contributed by atoms with Crippen LogP contribution in [0.3, 0.4) is 0 Å². The number of hydrogen-bond acceptors (Lipinski definition) is 5. The summed E-state index contributed by atoms with van der Waals surface area (Å²) in [7, 11) is -3.43. The Labute approximate surface area is 133 Å². The molecular formula is C14H16N2O4S2. The molecule has 1 aliphatic rings. The molecule has 0 bridgehead atoms. The smallest absolute Gasteiger partial charge is 0.257 e. The van der Waals surface area contributed by atoms with Gasteiger partial charge in [0.15, 0.2) is 0 Å². The van der Waals surface area contributed by atoms with Crippen molar-refractivity contribution >= 4 is 27.3 Å². The van der Waals surface area contributed by atoms with Crippen LogP contribution in [0.25, 0.3) is 0 Å². The molecule has 1 saturated heterocycles. The molecule has 2 aromatic heterocycles. The van der Waals surface area contributed by atoms with E-state index in [0.29, 0.717) is 41.7 Å². The van der Waals surface area contributed by atoms with Crippen molar-refractivity contribution in [2.24, 2.45) is 0 Å². The van der Waals surface area contributed by atoms with Gasteiger partial charge in [-0.25, -0.2) is 8.42 Å². The standard InChI is InChI=1S/C14H16N2O4S2/c1-11-12(4-9-20-11)14(17)15-5-7-16(8-6-15)22(18,19)13-3-2-10-21-13/h2-4,9-10H,5-8H2,1H3. The number of piperazine rings is 1. The molecule has 2 aromatic rings. The largest absolute Gasteiger partial charge is 0.469 e. The Morgan fingerprint density at radius 1 is 1.23 bits per heavy atom. The molecule has 6 nitrogen and oxygen atoms in total. The summed E-state index contributed by atoms with van der Waals surface area (Å²) in [6.07, 6.45) is 1.49. The van der Waals surface area contributed by atoms with Gasteiger partial charge in [0.05, 0.1) is 11.8 Å². The van der Waals surface area contributed by atoms with Gasteiger partial charge in [0.25, 0.3) is 15.9 Å². The van der Waals surface area contributed by atoms with Crippen LogP contribution in [0.2, 0.25) is 0 Å². The molecule has 0 aliphatic carbocycles. The number of hydrogen-bond donors (Lipinski definition) is 0. The number of amides is 1. The van der Waals surface area contributed by atoms with Crippen LogP contribution in [-0.4, -0.2) is 49.7 Å². The van der Waals surface area contributed by atoms with Crippen molar-refractivity contribution in [3.63, 3.8) is 0 Å². The lowest BCUT2D eigenvalue weighted by Gasteiger charge is -2.33. The molecule has 1 aliphatic heterocycles. The Bertz CT molecular complexity index is 757. The van der Waals surface area contributed by atoms with Crippen LogP contribution in [-0.2, 0) is 10.0 Å². The fourth-order valence-corrected chi connectivity index (χ4v) is 5.01. The zero-order valence-electron chi connectivity index (χ0n) is 12.1. The maximum absolute atomic E-state index is 12.4. The van der Waals surface area contributed by atoms with Crippen molar-refractivity contribution in [2.45, 2.75) is 11.1 Å². The molecule has 0 saturated carbocycles. The second kappa shape index (κ2) is 5.86. The predicted octanol–water partition coefficient (Wildman–Crippen LogP) is 1.80. The van der Waals surface area contributed by atoms with Crippen molar-refractivity contribution < 1.29 is 17.6 Å². The first-order chi connectivity index (χ1) is 10.5. The van der Waals surface area contributed by atoms with Gasteiger partial charge in [-0.2, -0.15) is 4.31 Å². The molecule has 0 radical (unpaired) electrons. The summed E-state index contributed by atoms with van der Waals surface area (Å²) in [5.41, 5.74) is 0.537. The highest BCUT2D eigenvalue weighted by Crippen LogP contribution is 2.22. The van der Waals surface area contributed by atoms with Gasteiger partial charge in [0, 0.05) is 26.2 Å². The number of rotatable bonds is 3. The van der Waals surface area contributed by atoms with Crippen molar-refractivity contribution in [3.05, 3.63) is 41.2 Å². The van der Waals surface area contributed by atoms with Gasteiger partial charge >= 0.3 is 0 Å². The average Bonchev–Trinajstić information content (AvgIpc) is 3.18. The number of thiophene rings is 1. The first-order valence-corrected chi connectivity index (χ1v) is 9.19. The van der Waals surface area contributed by atoms with E-state index in [1.54, 1.807) is 35.4 Å². The third kappa shape index (κ3) is 2.69. The predicted molar refractivity (Wildman–Crippen MR) is 82.4 cm³/mol. The van der Waals surface area contributed by atoms with Crippen LogP contribution in [0.1, 0.15) is 16.1 Å².